The van der Waals surface area contributed by atoms with Gasteiger partial charge in [-0.25, -0.2) is 0 Å². The van der Waals surface area contributed by atoms with Crippen LogP contribution in [0.25, 0.3) is 0 Å². The Hall–Kier alpha value is -2.34. The lowest BCUT2D eigenvalue weighted by Gasteiger charge is -2.32. The number of hydrogen-bond donors (Lipinski definition) is 2. The zero-order valence-electron chi connectivity index (χ0n) is 17.3. The Balaban J connectivity index is 1.45. The van der Waals surface area contributed by atoms with Gasteiger partial charge in [0.15, 0.2) is 5.96 Å². The summed E-state index contributed by atoms with van der Waals surface area (Å²) in [5, 5.41) is 11.1. The molecule has 6 nitrogen and oxygen atoms in total. The number of aliphatic imine (C=N–C) groups is 1. The van der Waals surface area contributed by atoms with E-state index in [0.717, 1.165) is 44.9 Å². The summed E-state index contributed by atoms with van der Waals surface area (Å²) >= 11 is 0. The monoisotopic (exact) mass is 383 g/mol. The number of guanidine groups is 1. The van der Waals surface area contributed by atoms with E-state index in [2.05, 4.69) is 58.1 Å². The van der Waals surface area contributed by atoms with Crippen molar-refractivity contribution in [1.82, 2.24) is 20.4 Å². The fourth-order valence-corrected chi connectivity index (χ4v) is 3.73. The van der Waals surface area contributed by atoms with Gasteiger partial charge in [0.1, 0.15) is 0 Å². The van der Waals surface area contributed by atoms with Gasteiger partial charge in [0.2, 0.25) is 0 Å². The van der Waals surface area contributed by atoms with E-state index in [4.69, 9.17) is 4.74 Å². The molecular weight excluding hydrogens is 350 g/mol. The highest BCUT2D eigenvalue weighted by atomic mass is 16.5. The number of ether oxygens (including phenoxy) is 1. The molecule has 0 spiro atoms. The van der Waals surface area contributed by atoms with Crippen molar-refractivity contribution in [1.29, 1.82) is 0 Å². The smallest absolute Gasteiger partial charge is 0.190 e. The number of benzene rings is 1. The lowest BCUT2D eigenvalue weighted by Crippen LogP contribution is -2.42. The molecular formula is C22H33N5O. The number of aryl methyl sites for hydroxylation is 3. The Morgan fingerprint density at radius 3 is 2.82 bits per heavy atom. The van der Waals surface area contributed by atoms with Crippen LogP contribution in [-0.2, 0) is 18.2 Å². The van der Waals surface area contributed by atoms with Crippen LogP contribution in [0.4, 0.5) is 0 Å². The Labute approximate surface area is 168 Å². The van der Waals surface area contributed by atoms with Crippen LogP contribution in [0.15, 0.2) is 41.7 Å². The van der Waals surface area contributed by atoms with E-state index in [-0.39, 0.29) is 6.10 Å². The third-order valence-corrected chi connectivity index (χ3v) is 5.30. The van der Waals surface area contributed by atoms with Crippen molar-refractivity contribution >= 4 is 5.96 Å². The molecule has 0 saturated carbocycles. The summed E-state index contributed by atoms with van der Waals surface area (Å²) in [5.74, 6) is 1.31. The molecule has 1 fully saturated rings. The van der Waals surface area contributed by atoms with Crippen LogP contribution in [0.5, 0.6) is 0 Å². The van der Waals surface area contributed by atoms with E-state index in [1.54, 1.807) is 0 Å². The Bertz CT molecular complexity index is 753. The molecule has 2 atom stereocenters. The normalized spacial score (nSPS) is 20.2. The lowest BCUT2D eigenvalue weighted by atomic mass is 9.89. The third kappa shape index (κ3) is 5.83. The summed E-state index contributed by atoms with van der Waals surface area (Å²) in [6.45, 7) is 4.71. The molecule has 28 heavy (non-hydrogen) atoms. The topological polar surface area (TPSA) is 63.5 Å². The molecule has 1 aromatic heterocycles. The van der Waals surface area contributed by atoms with E-state index < -0.39 is 0 Å². The molecule has 0 radical (unpaired) electrons. The summed E-state index contributed by atoms with van der Waals surface area (Å²) in [5.41, 5.74) is 3.83. The number of nitrogens with one attached hydrogen (secondary N) is 2. The predicted octanol–water partition coefficient (Wildman–Crippen LogP) is 2.99. The highest BCUT2D eigenvalue weighted by Crippen LogP contribution is 2.33. The largest absolute Gasteiger partial charge is 0.373 e. The first-order valence-electron chi connectivity index (χ1n) is 10.3. The Morgan fingerprint density at radius 1 is 1.29 bits per heavy atom. The summed E-state index contributed by atoms with van der Waals surface area (Å²) in [4.78, 5) is 4.37. The Kier molecular flexibility index (Phi) is 7.48. The average molecular weight is 384 g/mol. The van der Waals surface area contributed by atoms with Gasteiger partial charge < -0.3 is 15.4 Å². The zero-order valence-corrected chi connectivity index (χ0v) is 17.3. The molecule has 3 rings (SSSR count). The fraction of sp³-hybridized carbons (Fsp3) is 0.545. The van der Waals surface area contributed by atoms with Gasteiger partial charge in [-0.3, -0.25) is 9.67 Å². The van der Waals surface area contributed by atoms with Gasteiger partial charge in [-0.05, 0) is 43.7 Å². The predicted molar refractivity (Wildman–Crippen MR) is 113 cm³/mol. The minimum absolute atomic E-state index is 0.158. The Morgan fingerprint density at radius 2 is 2.11 bits per heavy atom. The van der Waals surface area contributed by atoms with Gasteiger partial charge in [0.05, 0.1) is 12.3 Å². The molecule has 0 aliphatic carbocycles. The standard InChI is InChI=1S/C22H33N5O/c1-17-8-10-19(11-9-17)21-20(7-5-13-28-21)15-25-22(23-2)24-12-4-6-18-14-26-27(3)16-18/h8-11,14,16,20-21H,4-7,12-13,15H2,1-3H3,(H2,23,24,25). The lowest BCUT2D eigenvalue weighted by molar-refractivity contribution is -0.0265. The summed E-state index contributed by atoms with van der Waals surface area (Å²) in [7, 11) is 3.78. The minimum atomic E-state index is 0.158. The molecule has 1 saturated heterocycles. The fourth-order valence-electron chi connectivity index (χ4n) is 3.73. The minimum Gasteiger partial charge on any atom is -0.373 e. The second kappa shape index (κ2) is 10.3. The van der Waals surface area contributed by atoms with Crippen LogP contribution in [-0.4, -0.2) is 42.5 Å². The molecule has 2 unspecified atom stereocenters. The number of aromatic nitrogens is 2. The highest BCUT2D eigenvalue weighted by molar-refractivity contribution is 5.79. The second-order valence-electron chi connectivity index (χ2n) is 7.61. The van der Waals surface area contributed by atoms with E-state index >= 15 is 0 Å². The molecule has 2 N–H and O–H groups in total. The van der Waals surface area contributed by atoms with Crippen molar-refractivity contribution in [3.63, 3.8) is 0 Å². The number of nitrogens with zero attached hydrogens (tertiary/aromatic N) is 3. The van der Waals surface area contributed by atoms with E-state index in [0.29, 0.717) is 5.92 Å². The molecule has 1 aliphatic heterocycles. The molecule has 6 heteroatoms. The van der Waals surface area contributed by atoms with E-state index in [1.807, 2.05) is 25.0 Å². The van der Waals surface area contributed by atoms with Gasteiger partial charge >= 0.3 is 0 Å². The quantitative estimate of drug-likeness (QED) is 0.438. The van der Waals surface area contributed by atoms with Crippen molar-refractivity contribution in [2.24, 2.45) is 18.0 Å². The van der Waals surface area contributed by atoms with E-state index in [9.17, 15) is 0 Å². The SMILES string of the molecule is CN=C(NCCCc1cnn(C)c1)NCC1CCCOC1c1ccc(C)cc1. The van der Waals surface area contributed by atoms with E-state index in [1.165, 1.54) is 23.1 Å². The van der Waals surface area contributed by atoms with Crippen LogP contribution >= 0.6 is 0 Å². The molecule has 0 amide bonds. The van der Waals surface area contributed by atoms with Crippen molar-refractivity contribution in [3.8, 4) is 0 Å². The summed E-state index contributed by atoms with van der Waals surface area (Å²) < 4.78 is 7.97. The van der Waals surface area contributed by atoms with Crippen molar-refractivity contribution < 1.29 is 4.74 Å². The highest BCUT2D eigenvalue weighted by Gasteiger charge is 2.27. The third-order valence-electron chi connectivity index (χ3n) is 5.30. The van der Waals surface area contributed by atoms with Gasteiger partial charge in [-0.15, -0.1) is 0 Å². The molecule has 2 heterocycles. The molecule has 1 aromatic carbocycles. The maximum atomic E-state index is 6.12. The van der Waals surface area contributed by atoms with Crippen LogP contribution in [0, 0.1) is 12.8 Å². The number of rotatable bonds is 7. The average Bonchev–Trinajstić information content (AvgIpc) is 3.13. The summed E-state index contributed by atoms with van der Waals surface area (Å²) in [6, 6.07) is 8.73. The molecule has 0 bridgehead atoms. The van der Waals surface area contributed by atoms with Gasteiger partial charge in [0.25, 0.3) is 0 Å². The van der Waals surface area contributed by atoms with Gasteiger partial charge in [0, 0.05) is 45.9 Å². The van der Waals surface area contributed by atoms with Crippen molar-refractivity contribution in [3.05, 3.63) is 53.3 Å². The van der Waals surface area contributed by atoms with Crippen LogP contribution in [0.1, 0.15) is 42.1 Å². The maximum absolute atomic E-state index is 6.12. The first-order valence-corrected chi connectivity index (χ1v) is 10.3. The van der Waals surface area contributed by atoms with Crippen molar-refractivity contribution in [2.45, 2.75) is 38.7 Å². The van der Waals surface area contributed by atoms with Crippen LogP contribution in [0.3, 0.4) is 0 Å². The molecule has 152 valence electrons. The van der Waals surface area contributed by atoms with Gasteiger partial charge in [-0.1, -0.05) is 29.8 Å². The van der Waals surface area contributed by atoms with Crippen LogP contribution in [0.2, 0.25) is 0 Å². The van der Waals surface area contributed by atoms with Gasteiger partial charge in [-0.2, -0.15) is 5.10 Å². The molecule has 1 aliphatic rings. The maximum Gasteiger partial charge on any atom is 0.190 e. The van der Waals surface area contributed by atoms with Crippen molar-refractivity contribution in [2.75, 3.05) is 26.7 Å². The first kappa shape index (κ1) is 20.4. The first-order chi connectivity index (χ1) is 13.7. The summed E-state index contributed by atoms with van der Waals surface area (Å²) in [6.07, 6.45) is 8.51. The molecule has 2 aromatic rings. The second-order valence-corrected chi connectivity index (χ2v) is 7.61. The van der Waals surface area contributed by atoms with Crippen LogP contribution < -0.4 is 10.6 Å². The number of hydrogen-bond acceptors (Lipinski definition) is 3. The zero-order chi connectivity index (χ0) is 19.8.